The monoisotopic (exact) mass is 254 g/mol. The first kappa shape index (κ1) is 12.2. The van der Waals surface area contributed by atoms with Crippen LogP contribution in [0.15, 0.2) is 18.2 Å². The van der Waals surface area contributed by atoms with E-state index in [1.165, 1.54) is 22.6 Å². The van der Waals surface area contributed by atoms with E-state index in [4.69, 9.17) is 0 Å². The van der Waals surface area contributed by atoms with E-state index in [0.717, 1.165) is 12.8 Å². The molecule has 0 spiro atoms. The molecule has 0 atom stereocenters. The van der Waals surface area contributed by atoms with Crippen molar-refractivity contribution in [3.63, 3.8) is 0 Å². The fraction of sp³-hybridized carbons (Fsp3) is 0.538. The quantitative estimate of drug-likeness (QED) is 0.880. The first-order chi connectivity index (χ1) is 7.65. The number of thioether (sulfide) groups is 2. The number of hydrogen-bond acceptors (Lipinski definition) is 3. The summed E-state index contributed by atoms with van der Waals surface area (Å²) in [6, 6.07) is 5.84. The highest BCUT2D eigenvalue weighted by Crippen LogP contribution is 2.52. The van der Waals surface area contributed by atoms with Gasteiger partial charge in [-0.15, -0.1) is 23.5 Å². The normalized spacial score (nSPS) is 18.9. The second kappa shape index (κ2) is 4.92. The first-order valence-electron chi connectivity index (χ1n) is 5.76. The standard InChI is InChI=1S/C13H18OS2/c1-3-4-10-5-6-11(14)9-12(10)13(2)15-7-8-16-13/h5-6,9,14H,3-4,7-8H2,1-2H3. The molecule has 0 aliphatic carbocycles. The summed E-state index contributed by atoms with van der Waals surface area (Å²) in [4.78, 5) is 0. The first-order valence-corrected chi connectivity index (χ1v) is 7.73. The van der Waals surface area contributed by atoms with E-state index in [0.29, 0.717) is 5.75 Å². The van der Waals surface area contributed by atoms with Crippen LogP contribution in [0.25, 0.3) is 0 Å². The van der Waals surface area contributed by atoms with Gasteiger partial charge in [0, 0.05) is 11.5 Å². The lowest BCUT2D eigenvalue weighted by Gasteiger charge is -2.25. The molecule has 1 fully saturated rings. The summed E-state index contributed by atoms with van der Waals surface area (Å²) in [5, 5.41) is 9.66. The Balaban J connectivity index is 2.40. The van der Waals surface area contributed by atoms with Gasteiger partial charge in [0.1, 0.15) is 5.75 Å². The minimum atomic E-state index is 0.142. The topological polar surface area (TPSA) is 20.2 Å². The number of benzene rings is 1. The van der Waals surface area contributed by atoms with E-state index in [-0.39, 0.29) is 4.08 Å². The van der Waals surface area contributed by atoms with Crippen molar-refractivity contribution in [1.82, 2.24) is 0 Å². The number of phenols is 1. The van der Waals surface area contributed by atoms with Crippen LogP contribution in [0.1, 0.15) is 31.4 Å². The van der Waals surface area contributed by atoms with Crippen LogP contribution in [0.4, 0.5) is 0 Å². The zero-order chi connectivity index (χ0) is 11.6. The number of rotatable bonds is 3. The maximum absolute atomic E-state index is 9.66. The Labute approximate surface area is 106 Å². The smallest absolute Gasteiger partial charge is 0.115 e. The van der Waals surface area contributed by atoms with Crippen LogP contribution < -0.4 is 0 Å². The van der Waals surface area contributed by atoms with E-state index in [9.17, 15) is 5.11 Å². The average molecular weight is 254 g/mol. The van der Waals surface area contributed by atoms with Crippen molar-refractivity contribution in [2.45, 2.75) is 30.8 Å². The Morgan fingerprint density at radius 1 is 1.31 bits per heavy atom. The molecular formula is C13H18OS2. The highest BCUT2D eigenvalue weighted by atomic mass is 32.2. The molecule has 1 heterocycles. The number of hydrogen-bond donors (Lipinski definition) is 1. The van der Waals surface area contributed by atoms with Crippen LogP contribution in [0.3, 0.4) is 0 Å². The average Bonchev–Trinajstić information content (AvgIpc) is 2.69. The second-order valence-corrected chi connectivity index (χ2v) is 7.52. The summed E-state index contributed by atoms with van der Waals surface area (Å²) < 4.78 is 0.142. The summed E-state index contributed by atoms with van der Waals surface area (Å²) in [5.41, 5.74) is 2.71. The second-order valence-electron chi connectivity index (χ2n) is 4.23. The van der Waals surface area contributed by atoms with Gasteiger partial charge in [0.2, 0.25) is 0 Å². The molecule has 1 aromatic rings. The molecule has 3 heteroatoms. The Bertz CT molecular complexity index is 370. The molecule has 0 aromatic heterocycles. The van der Waals surface area contributed by atoms with Crippen molar-refractivity contribution >= 4 is 23.5 Å². The highest BCUT2D eigenvalue weighted by Gasteiger charge is 2.34. The van der Waals surface area contributed by atoms with Gasteiger partial charge in [-0.25, -0.2) is 0 Å². The maximum atomic E-state index is 9.66. The molecule has 0 amide bonds. The minimum absolute atomic E-state index is 0.142. The third kappa shape index (κ3) is 2.35. The van der Waals surface area contributed by atoms with Crippen LogP contribution in [0.5, 0.6) is 5.75 Å². The van der Waals surface area contributed by atoms with Crippen molar-refractivity contribution in [2.24, 2.45) is 0 Å². The third-order valence-corrected chi connectivity index (χ3v) is 6.26. The third-order valence-electron chi connectivity index (χ3n) is 2.94. The van der Waals surface area contributed by atoms with E-state index < -0.39 is 0 Å². The van der Waals surface area contributed by atoms with Gasteiger partial charge >= 0.3 is 0 Å². The summed E-state index contributed by atoms with van der Waals surface area (Å²) in [5.74, 6) is 2.81. The molecule has 1 aliphatic rings. The van der Waals surface area contributed by atoms with Gasteiger partial charge in [-0.1, -0.05) is 19.4 Å². The Kier molecular flexibility index (Phi) is 3.75. The van der Waals surface area contributed by atoms with Crippen molar-refractivity contribution in [3.8, 4) is 5.75 Å². The molecular weight excluding hydrogens is 236 g/mol. The van der Waals surface area contributed by atoms with Crippen molar-refractivity contribution in [2.75, 3.05) is 11.5 Å². The fourth-order valence-electron chi connectivity index (χ4n) is 2.14. The lowest BCUT2D eigenvalue weighted by molar-refractivity contribution is 0.474. The number of aryl methyl sites for hydroxylation is 1. The van der Waals surface area contributed by atoms with Crippen molar-refractivity contribution in [3.05, 3.63) is 29.3 Å². The summed E-state index contributed by atoms with van der Waals surface area (Å²) in [7, 11) is 0. The van der Waals surface area contributed by atoms with E-state index in [2.05, 4.69) is 19.9 Å². The molecule has 1 saturated heterocycles. The highest BCUT2D eigenvalue weighted by molar-refractivity contribution is 8.20. The summed E-state index contributed by atoms with van der Waals surface area (Å²) in [6.45, 7) is 4.48. The van der Waals surface area contributed by atoms with Gasteiger partial charge in [0.25, 0.3) is 0 Å². The predicted octanol–water partition coefficient (Wildman–Crippen LogP) is 4.00. The SMILES string of the molecule is CCCc1ccc(O)cc1C1(C)SCCS1. The molecule has 0 bridgehead atoms. The maximum Gasteiger partial charge on any atom is 0.115 e. The molecule has 16 heavy (non-hydrogen) atoms. The lowest BCUT2D eigenvalue weighted by atomic mass is 10.0. The van der Waals surface area contributed by atoms with E-state index in [1.807, 2.05) is 35.7 Å². The van der Waals surface area contributed by atoms with E-state index >= 15 is 0 Å². The van der Waals surface area contributed by atoms with E-state index in [1.54, 1.807) is 0 Å². The van der Waals surface area contributed by atoms with Crippen LogP contribution in [-0.2, 0) is 10.5 Å². The van der Waals surface area contributed by atoms with Gasteiger partial charge in [-0.2, -0.15) is 0 Å². The molecule has 0 unspecified atom stereocenters. The molecule has 1 aromatic carbocycles. The van der Waals surface area contributed by atoms with Crippen molar-refractivity contribution < 1.29 is 5.11 Å². The summed E-state index contributed by atoms with van der Waals surface area (Å²) in [6.07, 6.45) is 2.26. The number of phenolic OH excluding ortho intramolecular Hbond substituents is 1. The van der Waals surface area contributed by atoms with Gasteiger partial charge in [0.15, 0.2) is 0 Å². The predicted molar refractivity (Wildman–Crippen MR) is 74.4 cm³/mol. The molecule has 1 aliphatic heterocycles. The van der Waals surface area contributed by atoms with Crippen LogP contribution in [0, 0.1) is 0 Å². The molecule has 0 radical (unpaired) electrons. The van der Waals surface area contributed by atoms with Crippen LogP contribution in [-0.4, -0.2) is 16.6 Å². The molecule has 1 nitrogen and oxygen atoms in total. The van der Waals surface area contributed by atoms with Gasteiger partial charge in [0.05, 0.1) is 4.08 Å². The molecule has 0 saturated carbocycles. The fourth-order valence-corrected chi connectivity index (χ4v) is 5.11. The zero-order valence-corrected chi connectivity index (χ0v) is 11.5. The molecule has 2 rings (SSSR count). The molecule has 1 N–H and O–H groups in total. The van der Waals surface area contributed by atoms with Crippen molar-refractivity contribution in [1.29, 1.82) is 0 Å². The van der Waals surface area contributed by atoms with Gasteiger partial charge in [-0.05, 0) is 36.6 Å². The minimum Gasteiger partial charge on any atom is -0.508 e. The lowest BCUT2D eigenvalue weighted by Crippen LogP contribution is -2.11. The largest absolute Gasteiger partial charge is 0.508 e. The molecule has 88 valence electrons. The Morgan fingerprint density at radius 2 is 2.00 bits per heavy atom. The van der Waals surface area contributed by atoms with Gasteiger partial charge < -0.3 is 5.11 Å². The summed E-state index contributed by atoms with van der Waals surface area (Å²) >= 11 is 4.00. The van der Waals surface area contributed by atoms with Crippen LogP contribution >= 0.6 is 23.5 Å². The van der Waals surface area contributed by atoms with Crippen LogP contribution in [0.2, 0.25) is 0 Å². The number of aromatic hydroxyl groups is 1. The van der Waals surface area contributed by atoms with Gasteiger partial charge in [-0.3, -0.25) is 0 Å². The Morgan fingerprint density at radius 3 is 2.62 bits per heavy atom. The zero-order valence-electron chi connectivity index (χ0n) is 9.82. The Hall–Kier alpha value is -0.280.